The van der Waals surface area contributed by atoms with Crippen LogP contribution in [0.5, 0.6) is 5.75 Å². The monoisotopic (exact) mass is 350 g/mol. The molecule has 1 saturated carbocycles. The van der Waals surface area contributed by atoms with Gasteiger partial charge in [0.05, 0.1) is 6.20 Å². The van der Waals surface area contributed by atoms with Crippen molar-refractivity contribution in [3.8, 4) is 5.75 Å². The van der Waals surface area contributed by atoms with E-state index in [4.69, 9.17) is 4.74 Å². The number of ether oxygens (including phenoxy) is 1. The lowest BCUT2D eigenvalue weighted by atomic mass is 9.88. The quantitative estimate of drug-likeness (QED) is 0.797. The van der Waals surface area contributed by atoms with Crippen molar-refractivity contribution in [2.75, 3.05) is 13.1 Å². The minimum atomic E-state index is 0.115. The number of aromatic nitrogens is 1. The van der Waals surface area contributed by atoms with E-state index in [-0.39, 0.29) is 6.10 Å². The van der Waals surface area contributed by atoms with Crippen molar-refractivity contribution >= 4 is 5.91 Å². The number of hydrogen-bond donors (Lipinski definition) is 0. The van der Waals surface area contributed by atoms with E-state index < -0.39 is 0 Å². The standard InChI is InChI=1S/C22H26N2O2/c25-22(14-18-8-9-18)24-12-10-21(26-20-7-4-11-23-15-20)19(16-24)13-17-5-2-1-3-6-17/h1-7,11,15,18-19,21H,8-10,12-14,16H2/t19-,21-/m1/s1. The summed E-state index contributed by atoms with van der Waals surface area (Å²) in [5.74, 6) is 2.08. The third kappa shape index (κ3) is 4.43. The fourth-order valence-corrected chi connectivity index (χ4v) is 3.79. The van der Waals surface area contributed by atoms with E-state index in [1.165, 1.54) is 18.4 Å². The van der Waals surface area contributed by atoms with Gasteiger partial charge in [0.1, 0.15) is 11.9 Å². The smallest absolute Gasteiger partial charge is 0.222 e. The van der Waals surface area contributed by atoms with E-state index in [1.54, 1.807) is 12.4 Å². The zero-order valence-electron chi connectivity index (χ0n) is 15.1. The lowest BCUT2D eigenvalue weighted by molar-refractivity contribution is -0.135. The maximum atomic E-state index is 12.6. The molecule has 1 amide bonds. The minimum Gasteiger partial charge on any atom is -0.488 e. The first-order valence-electron chi connectivity index (χ1n) is 9.66. The molecule has 0 N–H and O–H groups in total. The van der Waals surface area contributed by atoms with Crippen LogP contribution in [0.4, 0.5) is 0 Å². The molecular formula is C22H26N2O2. The Morgan fingerprint density at radius 3 is 2.69 bits per heavy atom. The third-order valence-electron chi connectivity index (χ3n) is 5.44. The van der Waals surface area contributed by atoms with Gasteiger partial charge in [-0.3, -0.25) is 9.78 Å². The van der Waals surface area contributed by atoms with Crippen LogP contribution >= 0.6 is 0 Å². The van der Waals surface area contributed by atoms with E-state index in [0.717, 1.165) is 38.1 Å². The van der Waals surface area contributed by atoms with Crippen molar-refractivity contribution < 1.29 is 9.53 Å². The fourth-order valence-electron chi connectivity index (χ4n) is 3.79. The molecule has 2 aliphatic rings. The molecule has 4 rings (SSSR count). The largest absolute Gasteiger partial charge is 0.488 e. The highest BCUT2D eigenvalue weighted by Crippen LogP contribution is 2.34. The number of likely N-dealkylation sites (tertiary alicyclic amines) is 1. The van der Waals surface area contributed by atoms with E-state index in [2.05, 4.69) is 34.1 Å². The lowest BCUT2D eigenvalue weighted by Crippen LogP contribution is -2.48. The van der Waals surface area contributed by atoms with Crippen molar-refractivity contribution in [1.29, 1.82) is 0 Å². The number of amides is 1. The Hall–Kier alpha value is -2.36. The minimum absolute atomic E-state index is 0.115. The average molecular weight is 350 g/mol. The van der Waals surface area contributed by atoms with Crippen molar-refractivity contribution in [1.82, 2.24) is 9.88 Å². The zero-order valence-corrected chi connectivity index (χ0v) is 15.1. The van der Waals surface area contributed by atoms with Crippen LogP contribution in [0.25, 0.3) is 0 Å². The Morgan fingerprint density at radius 1 is 1.12 bits per heavy atom. The van der Waals surface area contributed by atoms with Gasteiger partial charge >= 0.3 is 0 Å². The molecule has 1 aromatic heterocycles. The normalized spacial score (nSPS) is 22.8. The fraction of sp³-hybridized carbons (Fsp3) is 0.455. The summed E-state index contributed by atoms with van der Waals surface area (Å²) in [7, 11) is 0. The summed E-state index contributed by atoms with van der Waals surface area (Å²) in [5, 5.41) is 0. The topological polar surface area (TPSA) is 42.4 Å². The van der Waals surface area contributed by atoms with E-state index in [9.17, 15) is 4.79 Å². The van der Waals surface area contributed by atoms with E-state index in [0.29, 0.717) is 17.7 Å². The summed E-state index contributed by atoms with van der Waals surface area (Å²) in [6, 6.07) is 14.4. The molecular weight excluding hydrogens is 324 g/mol. The average Bonchev–Trinajstić information content (AvgIpc) is 3.49. The molecule has 4 heteroatoms. The molecule has 2 aromatic rings. The van der Waals surface area contributed by atoms with Crippen LogP contribution in [0.15, 0.2) is 54.9 Å². The molecule has 26 heavy (non-hydrogen) atoms. The Balaban J connectivity index is 1.46. The molecule has 0 bridgehead atoms. The number of piperidine rings is 1. The first kappa shape index (κ1) is 17.1. The molecule has 0 radical (unpaired) electrons. The highest BCUT2D eigenvalue weighted by Gasteiger charge is 2.35. The summed E-state index contributed by atoms with van der Waals surface area (Å²) in [6.45, 7) is 1.58. The maximum Gasteiger partial charge on any atom is 0.222 e. The first-order chi connectivity index (χ1) is 12.8. The molecule has 2 atom stereocenters. The number of pyridine rings is 1. The summed E-state index contributed by atoms with van der Waals surface area (Å²) < 4.78 is 6.26. The maximum absolute atomic E-state index is 12.6. The molecule has 1 aliphatic carbocycles. The number of rotatable bonds is 6. The number of carbonyl (C=O) groups is 1. The molecule has 2 heterocycles. The Morgan fingerprint density at radius 2 is 1.96 bits per heavy atom. The molecule has 1 aromatic carbocycles. The van der Waals surface area contributed by atoms with Gasteiger partial charge in [-0.2, -0.15) is 0 Å². The van der Waals surface area contributed by atoms with Crippen molar-refractivity contribution in [3.63, 3.8) is 0 Å². The molecule has 4 nitrogen and oxygen atoms in total. The number of carbonyl (C=O) groups excluding carboxylic acids is 1. The van der Waals surface area contributed by atoms with Crippen LogP contribution in [0.2, 0.25) is 0 Å². The molecule has 1 saturated heterocycles. The van der Waals surface area contributed by atoms with Crippen LogP contribution in [0.1, 0.15) is 31.2 Å². The van der Waals surface area contributed by atoms with Gasteiger partial charge in [-0.05, 0) is 42.9 Å². The highest BCUT2D eigenvalue weighted by atomic mass is 16.5. The number of nitrogens with zero attached hydrogens (tertiary/aromatic N) is 2. The molecule has 0 spiro atoms. The summed E-state index contributed by atoms with van der Waals surface area (Å²) in [6.07, 6.45) is 8.62. The second kappa shape index (κ2) is 7.90. The highest BCUT2D eigenvalue weighted by molar-refractivity contribution is 5.76. The van der Waals surface area contributed by atoms with Crippen LogP contribution < -0.4 is 4.74 Å². The predicted octanol–water partition coefficient (Wildman–Crippen LogP) is 3.72. The van der Waals surface area contributed by atoms with E-state index in [1.807, 2.05) is 18.2 Å². The van der Waals surface area contributed by atoms with Crippen LogP contribution in [-0.4, -0.2) is 35.0 Å². The Labute approximate surface area is 155 Å². The van der Waals surface area contributed by atoms with Crippen molar-refractivity contribution in [3.05, 3.63) is 60.4 Å². The molecule has 0 unspecified atom stereocenters. The molecule has 136 valence electrons. The van der Waals surface area contributed by atoms with Gasteiger partial charge in [0, 0.05) is 38.0 Å². The van der Waals surface area contributed by atoms with Gasteiger partial charge in [-0.25, -0.2) is 0 Å². The number of benzene rings is 1. The number of hydrogen-bond acceptors (Lipinski definition) is 3. The lowest BCUT2D eigenvalue weighted by Gasteiger charge is -2.38. The second-order valence-electron chi connectivity index (χ2n) is 7.57. The summed E-state index contributed by atoms with van der Waals surface area (Å²) in [5.41, 5.74) is 1.30. The van der Waals surface area contributed by atoms with Crippen LogP contribution in [0.3, 0.4) is 0 Å². The van der Waals surface area contributed by atoms with Crippen molar-refractivity contribution in [2.24, 2.45) is 11.8 Å². The van der Waals surface area contributed by atoms with Gasteiger partial charge in [0.2, 0.25) is 5.91 Å². The zero-order chi connectivity index (χ0) is 17.8. The predicted molar refractivity (Wildman–Crippen MR) is 101 cm³/mol. The molecule has 2 fully saturated rings. The Bertz CT molecular complexity index is 715. The van der Waals surface area contributed by atoms with Gasteiger partial charge in [0.25, 0.3) is 0 Å². The SMILES string of the molecule is O=C(CC1CC1)N1CC[C@@H](Oc2cccnc2)[C@H](Cc2ccccc2)C1. The van der Waals surface area contributed by atoms with E-state index >= 15 is 0 Å². The third-order valence-corrected chi connectivity index (χ3v) is 5.44. The molecule has 1 aliphatic heterocycles. The first-order valence-corrected chi connectivity index (χ1v) is 9.66. The van der Waals surface area contributed by atoms with Gasteiger partial charge in [-0.15, -0.1) is 0 Å². The van der Waals surface area contributed by atoms with Crippen LogP contribution in [-0.2, 0) is 11.2 Å². The second-order valence-corrected chi connectivity index (χ2v) is 7.57. The summed E-state index contributed by atoms with van der Waals surface area (Å²) >= 11 is 0. The van der Waals surface area contributed by atoms with Gasteiger partial charge in [-0.1, -0.05) is 30.3 Å². The van der Waals surface area contributed by atoms with Crippen molar-refractivity contribution in [2.45, 2.75) is 38.2 Å². The Kier molecular flexibility index (Phi) is 5.19. The van der Waals surface area contributed by atoms with Gasteiger partial charge < -0.3 is 9.64 Å². The summed E-state index contributed by atoms with van der Waals surface area (Å²) in [4.78, 5) is 18.8. The van der Waals surface area contributed by atoms with Gasteiger partial charge in [0.15, 0.2) is 0 Å². The van der Waals surface area contributed by atoms with Crippen LogP contribution in [0, 0.1) is 11.8 Å².